The second kappa shape index (κ2) is 11.0. The van der Waals surface area contributed by atoms with Crippen LogP contribution < -0.4 is 24.3 Å². The third-order valence-electron chi connectivity index (χ3n) is 4.23. The number of hydrogen-bond donors (Lipinski definition) is 1. The summed E-state index contributed by atoms with van der Waals surface area (Å²) >= 11 is 0. The number of anilines is 1. The van der Waals surface area contributed by atoms with Gasteiger partial charge in [0.25, 0.3) is 0 Å². The molecule has 0 radical (unpaired) electrons. The Morgan fingerprint density at radius 2 is 1.69 bits per heavy atom. The minimum atomic E-state index is -0.284. The molecule has 1 amide bonds. The van der Waals surface area contributed by atoms with Gasteiger partial charge >= 0.3 is 0 Å². The van der Waals surface area contributed by atoms with Crippen molar-refractivity contribution in [3.8, 4) is 23.0 Å². The minimum absolute atomic E-state index is 0.284. The van der Waals surface area contributed by atoms with Crippen molar-refractivity contribution < 1.29 is 23.7 Å². The molecule has 6 nitrogen and oxygen atoms in total. The van der Waals surface area contributed by atoms with Crippen LogP contribution in [0.3, 0.4) is 0 Å². The lowest BCUT2D eigenvalue weighted by molar-refractivity contribution is -0.111. The van der Waals surface area contributed by atoms with Gasteiger partial charge in [-0.1, -0.05) is 19.9 Å². The second-order valence-electron chi connectivity index (χ2n) is 6.83. The van der Waals surface area contributed by atoms with Crippen molar-refractivity contribution in [3.05, 3.63) is 48.0 Å². The van der Waals surface area contributed by atoms with Crippen LogP contribution in [0.5, 0.6) is 23.0 Å². The zero-order valence-electron chi connectivity index (χ0n) is 17.7. The van der Waals surface area contributed by atoms with Crippen LogP contribution in [0, 0.1) is 5.92 Å². The molecular formula is C23H29NO5. The lowest BCUT2D eigenvalue weighted by Gasteiger charge is -2.12. The van der Waals surface area contributed by atoms with Gasteiger partial charge < -0.3 is 24.3 Å². The number of amides is 1. The average molecular weight is 399 g/mol. The van der Waals surface area contributed by atoms with E-state index in [-0.39, 0.29) is 5.91 Å². The highest BCUT2D eigenvalue weighted by Crippen LogP contribution is 2.30. The first kappa shape index (κ1) is 22.1. The Bertz CT molecular complexity index is 845. The Hall–Kier alpha value is -3.15. The molecule has 156 valence electrons. The number of benzene rings is 2. The predicted octanol–water partition coefficient (Wildman–Crippen LogP) is 4.79. The molecule has 6 heteroatoms. The van der Waals surface area contributed by atoms with Gasteiger partial charge in [-0.15, -0.1) is 0 Å². The number of carbonyl (C=O) groups excluding carboxylic acids is 1. The topological polar surface area (TPSA) is 66.0 Å². The van der Waals surface area contributed by atoms with E-state index in [9.17, 15) is 4.79 Å². The van der Waals surface area contributed by atoms with E-state index in [0.717, 1.165) is 12.0 Å². The molecule has 29 heavy (non-hydrogen) atoms. The van der Waals surface area contributed by atoms with Gasteiger partial charge in [0.15, 0.2) is 11.5 Å². The van der Waals surface area contributed by atoms with Crippen molar-refractivity contribution in [2.75, 3.05) is 33.3 Å². The number of rotatable bonds is 10. The molecule has 0 aliphatic carbocycles. The molecule has 2 aromatic rings. The Morgan fingerprint density at radius 1 is 0.966 bits per heavy atom. The van der Waals surface area contributed by atoms with Gasteiger partial charge in [0.05, 0.1) is 33.6 Å². The maximum absolute atomic E-state index is 12.3. The normalized spacial score (nSPS) is 10.8. The van der Waals surface area contributed by atoms with Crippen molar-refractivity contribution in [3.63, 3.8) is 0 Å². The van der Waals surface area contributed by atoms with Crippen LogP contribution in [-0.2, 0) is 4.79 Å². The van der Waals surface area contributed by atoms with Gasteiger partial charge in [0.2, 0.25) is 5.91 Å². The van der Waals surface area contributed by atoms with Crippen molar-refractivity contribution >= 4 is 17.7 Å². The summed E-state index contributed by atoms with van der Waals surface area (Å²) in [4.78, 5) is 12.3. The number of ether oxygens (including phenoxy) is 4. The summed E-state index contributed by atoms with van der Waals surface area (Å²) in [6.07, 6.45) is 4.13. The third-order valence-corrected chi connectivity index (χ3v) is 4.23. The van der Waals surface area contributed by atoms with Crippen molar-refractivity contribution in [1.82, 2.24) is 0 Å². The monoisotopic (exact) mass is 399 g/mol. The molecule has 0 saturated heterocycles. The first-order valence-electron chi connectivity index (χ1n) is 9.48. The Labute approximate surface area is 172 Å². The van der Waals surface area contributed by atoms with E-state index < -0.39 is 0 Å². The first-order chi connectivity index (χ1) is 14.0. The van der Waals surface area contributed by atoms with E-state index in [1.165, 1.54) is 6.08 Å². The molecule has 0 aliphatic rings. The summed E-state index contributed by atoms with van der Waals surface area (Å²) in [6.45, 7) is 4.94. The molecule has 0 aliphatic heterocycles. The number of nitrogens with one attached hydrogen (secondary N) is 1. The molecule has 0 spiro atoms. The Morgan fingerprint density at radius 3 is 2.34 bits per heavy atom. The summed E-state index contributed by atoms with van der Waals surface area (Å²) in [7, 11) is 4.71. The molecule has 0 atom stereocenters. The fourth-order valence-electron chi connectivity index (χ4n) is 2.57. The summed E-state index contributed by atoms with van der Waals surface area (Å²) in [5, 5.41) is 2.80. The molecule has 2 aromatic carbocycles. The summed E-state index contributed by atoms with van der Waals surface area (Å²) in [5.74, 6) is 2.79. The van der Waals surface area contributed by atoms with Gasteiger partial charge in [-0.3, -0.25) is 4.79 Å². The molecule has 1 N–H and O–H groups in total. The third kappa shape index (κ3) is 6.75. The molecule has 0 fully saturated rings. The van der Waals surface area contributed by atoms with Crippen LogP contribution in [0.1, 0.15) is 25.8 Å². The average Bonchev–Trinajstić information content (AvgIpc) is 2.72. The SMILES string of the molecule is COc1ccc(OC)c(NC(=O)C=Cc2ccc(OCCC(C)C)c(OC)c2)c1. The summed E-state index contributed by atoms with van der Waals surface area (Å²) in [6, 6.07) is 10.8. The second-order valence-corrected chi connectivity index (χ2v) is 6.83. The van der Waals surface area contributed by atoms with Crippen LogP contribution in [0.2, 0.25) is 0 Å². The van der Waals surface area contributed by atoms with E-state index in [1.807, 2.05) is 18.2 Å². The molecule has 0 aromatic heterocycles. The van der Waals surface area contributed by atoms with Crippen molar-refractivity contribution in [2.24, 2.45) is 5.92 Å². The number of hydrogen-bond acceptors (Lipinski definition) is 5. The molecular weight excluding hydrogens is 370 g/mol. The fourth-order valence-corrected chi connectivity index (χ4v) is 2.57. The molecule has 0 saturated carbocycles. The van der Waals surface area contributed by atoms with E-state index in [0.29, 0.717) is 41.2 Å². The highest BCUT2D eigenvalue weighted by molar-refractivity contribution is 6.02. The van der Waals surface area contributed by atoms with Crippen LogP contribution in [0.15, 0.2) is 42.5 Å². The quantitative estimate of drug-likeness (QED) is 0.582. The van der Waals surface area contributed by atoms with Crippen molar-refractivity contribution in [1.29, 1.82) is 0 Å². The summed E-state index contributed by atoms with van der Waals surface area (Å²) < 4.78 is 21.7. The highest BCUT2D eigenvalue weighted by Gasteiger charge is 2.08. The van der Waals surface area contributed by atoms with E-state index in [2.05, 4.69) is 19.2 Å². The lowest BCUT2D eigenvalue weighted by Crippen LogP contribution is -2.09. The molecule has 0 heterocycles. The van der Waals surface area contributed by atoms with E-state index >= 15 is 0 Å². The Balaban J connectivity index is 2.06. The van der Waals surface area contributed by atoms with Crippen molar-refractivity contribution in [2.45, 2.75) is 20.3 Å². The highest BCUT2D eigenvalue weighted by atomic mass is 16.5. The van der Waals surface area contributed by atoms with Crippen LogP contribution in [0.25, 0.3) is 6.08 Å². The zero-order chi connectivity index (χ0) is 21.2. The van der Waals surface area contributed by atoms with Crippen LogP contribution in [-0.4, -0.2) is 33.8 Å². The van der Waals surface area contributed by atoms with E-state index in [4.69, 9.17) is 18.9 Å². The smallest absolute Gasteiger partial charge is 0.248 e. The van der Waals surface area contributed by atoms with Gasteiger partial charge in [0, 0.05) is 12.1 Å². The standard InChI is InChI=1S/C23H29NO5/c1-16(2)12-13-29-21-9-6-17(14-22(21)28-5)7-11-23(25)24-19-15-18(26-3)8-10-20(19)27-4/h6-11,14-16H,12-13H2,1-5H3,(H,24,25). The van der Waals surface area contributed by atoms with Crippen LogP contribution >= 0.6 is 0 Å². The van der Waals surface area contributed by atoms with Gasteiger partial charge in [0.1, 0.15) is 11.5 Å². The van der Waals surface area contributed by atoms with Crippen LogP contribution in [0.4, 0.5) is 5.69 Å². The molecule has 0 unspecified atom stereocenters. The van der Waals surface area contributed by atoms with E-state index in [1.54, 1.807) is 45.6 Å². The first-order valence-corrected chi connectivity index (χ1v) is 9.48. The van der Waals surface area contributed by atoms with Gasteiger partial charge in [-0.05, 0) is 48.2 Å². The maximum atomic E-state index is 12.3. The molecule has 2 rings (SSSR count). The number of carbonyl (C=O) groups is 1. The largest absolute Gasteiger partial charge is 0.497 e. The Kier molecular flexibility index (Phi) is 8.40. The van der Waals surface area contributed by atoms with Gasteiger partial charge in [-0.2, -0.15) is 0 Å². The summed E-state index contributed by atoms with van der Waals surface area (Å²) in [5.41, 5.74) is 1.36. The predicted molar refractivity (Wildman–Crippen MR) is 115 cm³/mol. The zero-order valence-corrected chi connectivity index (χ0v) is 17.7. The lowest BCUT2D eigenvalue weighted by atomic mass is 10.1. The number of methoxy groups -OCH3 is 3. The minimum Gasteiger partial charge on any atom is -0.497 e. The van der Waals surface area contributed by atoms with Gasteiger partial charge in [-0.25, -0.2) is 0 Å². The maximum Gasteiger partial charge on any atom is 0.248 e. The fraction of sp³-hybridized carbons (Fsp3) is 0.348. The molecule has 0 bridgehead atoms.